The predicted octanol–water partition coefficient (Wildman–Crippen LogP) is 3.04. The van der Waals surface area contributed by atoms with Gasteiger partial charge in [-0.15, -0.1) is 0 Å². The summed E-state index contributed by atoms with van der Waals surface area (Å²) in [5.74, 6) is -0.146. The number of carbonyl (C=O) groups is 1. The van der Waals surface area contributed by atoms with Crippen LogP contribution in [0.2, 0.25) is 0 Å². The smallest absolute Gasteiger partial charge is 0.275 e. The highest BCUT2D eigenvalue weighted by Crippen LogP contribution is 2.25. The van der Waals surface area contributed by atoms with Crippen molar-refractivity contribution in [3.05, 3.63) is 31.7 Å². The molecule has 0 atom stereocenters. The molecule has 1 N–H and O–H groups in total. The van der Waals surface area contributed by atoms with Crippen LogP contribution in [0.25, 0.3) is 0 Å². The maximum absolute atomic E-state index is 12.4. The first kappa shape index (κ1) is 16.2. The van der Waals surface area contributed by atoms with Gasteiger partial charge in [-0.3, -0.25) is 14.6 Å². The maximum atomic E-state index is 12.4. The Hall–Kier alpha value is -1.15. The molecule has 0 unspecified atom stereocenters. The number of hydrogen-bond donors (Lipinski definition) is 1. The monoisotopic (exact) mass is 417 g/mol. The van der Waals surface area contributed by atoms with Crippen molar-refractivity contribution >= 4 is 37.8 Å². The van der Waals surface area contributed by atoms with Crippen molar-refractivity contribution in [3.8, 4) is 0 Å². The highest BCUT2D eigenvalue weighted by molar-refractivity contribution is 9.13. The van der Waals surface area contributed by atoms with Gasteiger partial charge in [0.15, 0.2) is 5.69 Å². The third kappa shape index (κ3) is 3.06. The van der Waals surface area contributed by atoms with Crippen LogP contribution in [-0.4, -0.2) is 37.8 Å². The lowest BCUT2D eigenvalue weighted by atomic mass is 10.2. The van der Waals surface area contributed by atoms with Crippen LogP contribution in [0.4, 0.5) is 0 Å². The minimum Gasteiger partial charge on any atom is -0.336 e. The topological polar surface area (TPSA) is 66.8 Å². The summed E-state index contributed by atoms with van der Waals surface area (Å²) in [6, 6.07) is 0. The number of aromatic amines is 1. The Balaban J connectivity index is 2.22. The molecule has 0 saturated heterocycles. The molecule has 0 aliphatic carbocycles. The van der Waals surface area contributed by atoms with Crippen molar-refractivity contribution in [2.24, 2.45) is 0 Å². The lowest BCUT2D eigenvalue weighted by Crippen LogP contribution is -2.27. The molecule has 0 saturated carbocycles. The summed E-state index contributed by atoms with van der Waals surface area (Å²) in [5, 5.41) is 11.2. The molecule has 0 aliphatic heterocycles. The fourth-order valence-electron chi connectivity index (χ4n) is 2.21. The Labute approximate surface area is 140 Å². The molecule has 1 amide bonds. The van der Waals surface area contributed by atoms with Crippen LogP contribution in [0.3, 0.4) is 0 Å². The zero-order valence-electron chi connectivity index (χ0n) is 12.4. The fraction of sp³-hybridized carbons (Fsp3) is 0.462. The SMILES string of the molecule is CCn1nc(C)c(CN(C)C(=O)c2n[nH]c(Br)c2Br)c1C. The first-order valence-electron chi connectivity index (χ1n) is 6.54. The van der Waals surface area contributed by atoms with E-state index in [4.69, 9.17) is 0 Å². The predicted molar refractivity (Wildman–Crippen MR) is 87.2 cm³/mol. The summed E-state index contributed by atoms with van der Waals surface area (Å²) in [6.07, 6.45) is 0. The van der Waals surface area contributed by atoms with Crippen LogP contribution in [0, 0.1) is 13.8 Å². The quantitative estimate of drug-likeness (QED) is 0.829. The van der Waals surface area contributed by atoms with Crippen molar-refractivity contribution < 1.29 is 4.79 Å². The number of amides is 1. The van der Waals surface area contributed by atoms with Gasteiger partial charge in [0.05, 0.1) is 10.2 Å². The Kier molecular flexibility index (Phi) is 4.88. The van der Waals surface area contributed by atoms with E-state index in [-0.39, 0.29) is 5.91 Å². The second-order valence-corrected chi connectivity index (χ2v) is 6.41. The number of aryl methyl sites for hydroxylation is 2. The van der Waals surface area contributed by atoms with Gasteiger partial charge in [-0.05, 0) is 52.6 Å². The average Bonchev–Trinajstić information content (AvgIpc) is 2.92. The van der Waals surface area contributed by atoms with Gasteiger partial charge in [-0.25, -0.2) is 0 Å². The molecule has 8 heteroatoms. The summed E-state index contributed by atoms with van der Waals surface area (Å²) in [7, 11) is 1.76. The van der Waals surface area contributed by atoms with E-state index in [9.17, 15) is 4.79 Å². The summed E-state index contributed by atoms with van der Waals surface area (Å²) in [5.41, 5.74) is 3.49. The molecule has 2 heterocycles. The molecule has 6 nitrogen and oxygen atoms in total. The molecule has 114 valence electrons. The van der Waals surface area contributed by atoms with E-state index in [0.29, 0.717) is 21.3 Å². The molecule has 21 heavy (non-hydrogen) atoms. The van der Waals surface area contributed by atoms with Crippen molar-refractivity contribution in [1.29, 1.82) is 0 Å². The molecule has 0 spiro atoms. The van der Waals surface area contributed by atoms with Crippen molar-refractivity contribution in [3.63, 3.8) is 0 Å². The van der Waals surface area contributed by atoms with Crippen LogP contribution in [0.5, 0.6) is 0 Å². The number of nitrogens with zero attached hydrogens (tertiary/aromatic N) is 4. The van der Waals surface area contributed by atoms with Gasteiger partial charge in [0.1, 0.15) is 4.60 Å². The molecule has 0 aliphatic rings. The van der Waals surface area contributed by atoms with E-state index >= 15 is 0 Å². The Morgan fingerprint density at radius 2 is 2.05 bits per heavy atom. The standard InChI is InChI=1S/C13H17Br2N5O/c1-5-20-8(3)9(7(2)18-20)6-19(4)13(21)11-10(14)12(15)17-16-11/h5-6H2,1-4H3,(H,16,17). The van der Waals surface area contributed by atoms with Crippen LogP contribution in [-0.2, 0) is 13.1 Å². The largest absolute Gasteiger partial charge is 0.336 e. The Bertz CT molecular complexity index is 676. The zero-order chi connectivity index (χ0) is 15.7. The normalized spacial score (nSPS) is 11.0. The average molecular weight is 419 g/mol. The minimum atomic E-state index is -0.146. The van der Waals surface area contributed by atoms with Gasteiger partial charge in [-0.1, -0.05) is 0 Å². The molecule has 2 rings (SSSR count). The van der Waals surface area contributed by atoms with Crippen LogP contribution in [0.1, 0.15) is 34.4 Å². The van der Waals surface area contributed by atoms with Gasteiger partial charge in [-0.2, -0.15) is 10.2 Å². The number of carbonyl (C=O) groups excluding carboxylic acids is 1. The number of hydrogen-bond acceptors (Lipinski definition) is 3. The first-order valence-corrected chi connectivity index (χ1v) is 8.13. The van der Waals surface area contributed by atoms with E-state index in [1.165, 1.54) is 0 Å². The van der Waals surface area contributed by atoms with Gasteiger partial charge in [0, 0.05) is 31.4 Å². The number of rotatable bonds is 4. The Morgan fingerprint density at radius 1 is 1.38 bits per heavy atom. The number of aromatic nitrogens is 4. The van der Waals surface area contributed by atoms with Gasteiger partial charge in [0.2, 0.25) is 0 Å². The van der Waals surface area contributed by atoms with Gasteiger partial charge in [0.25, 0.3) is 5.91 Å². The summed E-state index contributed by atoms with van der Waals surface area (Å²) in [6.45, 7) is 7.37. The van der Waals surface area contributed by atoms with E-state index in [0.717, 1.165) is 23.5 Å². The Morgan fingerprint density at radius 3 is 2.52 bits per heavy atom. The number of nitrogens with one attached hydrogen (secondary N) is 1. The van der Waals surface area contributed by atoms with Crippen LogP contribution >= 0.6 is 31.9 Å². The second-order valence-electron chi connectivity index (χ2n) is 4.83. The third-order valence-electron chi connectivity index (χ3n) is 3.44. The molecule has 0 fully saturated rings. The van der Waals surface area contributed by atoms with Crippen molar-refractivity contribution in [2.45, 2.75) is 33.9 Å². The van der Waals surface area contributed by atoms with Gasteiger partial charge < -0.3 is 4.90 Å². The zero-order valence-corrected chi connectivity index (χ0v) is 15.5. The van der Waals surface area contributed by atoms with E-state index in [1.54, 1.807) is 11.9 Å². The van der Waals surface area contributed by atoms with E-state index in [1.807, 2.05) is 18.5 Å². The lowest BCUT2D eigenvalue weighted by Gasteiger charge is -2.16. The summed E-state index contributed by atoms with van der Waals surface area (Å²) < 4.78 is 3.24. The molecule has 0 radical (unpaired) electrons. The van der Waals surface area contributed by atoms with Crippen molar-refractivity contribution in [1.82, 2.24) is 24.9 Å². The molecule has 0 aromatic carbocycles. The summed E-state index contributed by atoms with van der Waals surface area (Å²) >= 11 is 6.63. The number of H-pyrrole nitrogens is 1. The second kappa shape index (κ2) is 6.31. The highest BCUT2D eigenvalue weighted by atomic mass is 79.9. The number of halogens is 2. The van der Waals surface area contributed by atoms with E-state index < -0.39 is 0 Å². The lowest BCUT2D eigenvalue weighted by molar-refractivity contribution is 0.0778. The van der Waals surface area contributed by atoms with Crippen molar-refractivity contribution in [2.75, 3.05) is 7.05 Å². The van der Waals surface area contributed by atoms with Crippen LogP contribution in [0.15, 0.2) is 9.08 Å². The molecule has 2 aromatic rings. The minimum absolute atomic E-state index is 0.146. The summed E-state index contributed by atoms with van der Waals surface area (Å²) in [4.78, 5) is 14.1. The van der Waals surface area contributed by atoms with Gasteiger partial charge >= 0.3 is 0 Å². The maximum Gasteiger partial charge on any atom is 0.275 e. The molecular formula is C13H17Br2N5O. The van der Waals surface area contributed by atoms with Crippen LogP contribution < -0.4 is 0 Å². The third-order valence-corrected chi connectivity index (χ3v) is 5.32. The molecule has 2 aromatic heterocycles. The highest BCUT2D eigenvalue weighted by Gasteiger charge is 2.22. The first-order chi connectivity index (χ1) is 9.86. The molecule has 0 bridgehead atoms. The fourth-order valence-corrected chi connectivity index (χ4v) is 2.83. The van der Waals surface area contributed by atoms with E-state index in [2.05, 4.69) is 54.1 Å². The molecular weight excluding hydrogens is 402 g/mol.